The molecule has 4 nitrogen and oxygen atoms in total. The van der Waals surface area contributed by atoms with E-state index in [4.69, 9.17) is 4.74 Å². The van der Waals surface area contributed by atoms with Crippen molar-refractivity contribution in [2.75, 3.05) is 13.2 Å². The molecule has 1 aliphatic rings. The van der Waals surface area contributed by atoms with E-state index in [1.807, 2.05) is 0 Å². The lowest BCUT2D eigenvalue weighted by atomic mass is 9.99. The lowest BCUT2D eigenvalue weighted by molar-refractivity contribution is -0.108. The van der Waals surface area contributed by atoms with Crippen LogP contribution in [0.25, 0.3) is 0 Å². The predicted molar refractivity (Wildman–Crippen MR) is 67.3 cm³/mol. The summed E-state index contributed by atoms with van der Waals surface area (Å²) in [6, 6.07) is 4.03. The summed E-state index contributed by atoms with van der Waals surface area (Å²) in [5, 5.41) is -0.653. The highest BCUT2D eigenvalue weighted by atomic mass is 32.2. The molecule has 6 heteroatoms. The lowest BCUT2D eigenvalue weighted by Crippen LogP contribution is -2.40. The van der Waals surface area contributed by atoms with Gasteiger partial charge in [-0.1, -0.05) is 13.0 Å². The summed E-state index contributed by atoms with van der Waals surface area (Å²) in [6.07, 6.45) is 1.04. The maximum Gasteiger partial charge on any atom is 0.188 e. The van der Waals surface area contributed by atoms with Crippen LogP contribution in [0.4, 0.5) is 4.39 Å². The molecule has 104 valence electrons. The smallest absolute Gasteiger partial charge is 0.188 e. The van der Waals surface area contributed by atoms with Gasteiger partial charge in [0.05, 0.1) is 13.2 Å². The standard InChI is InChI=1S/C13H15FO4S/c1-9(4-5-15)10-2-3-13(12(14)6-10)19(16,17)11-7-18-8-11/h2-3,5-6,9,11H,4,7-8H2,1H3. The van der Waals surface area contributed by atoms with E-state index in [9.17, 15) is 17.6 Å². The van der Waals surface area contributed by atoms with Crippen molar-refractivity contribution in [3.63, 3.8) is 0 Å². The molecule has 1 aromatic rings. The van der Waals surface area contributed by atoms with E-state index in [0.29, 0.717) is 5.56 Å². The first-order valence-electron chi connectivity index (χ1n) is 6.01. The zero-order valence-corrected chi connectivity index (χ0v) is 11.3. The fourth-order valence-corrected chi connectivity index (χ4v) is 3.41. The molecular weight excluding hydrogens is 271 g/mol. The molecule has 1 heterocycles. The maximum atomic E-state index is 14.0. The Morgan fingerprint density at radius 1 is 1.47 bits per heavy atom. The third-order valence-electron chi connectivity index (χ3n) is 3.33. The summed E-state index contributed by atoms with van der Waals surface area (Å²) in [5.74, 6) is -0.891. The van der Waals surface area contributed by atoms with E-state index in [0.717, 1.165) is 6.29 Å². The molecule has 0 spiro atoms. The summed E-state index contributed by atoms with van der Waals surface area (Å²) in [5.41, 5.74) is 0.619. The van der Waals surface area contributed by atoms with Crippen molar-refractivity contribution in [1.29, 1.82) is 0 Å². The number of rotatable bonds is 5. The van der Waals surface area contributed by atoms with Crippen molar-refractivity contribution < 1.29 is 22.3 Å². The number of sulfone groups is 1. The molecular formula is C13H15FO4S. The number of aldehydes is 1. The minimum atomic E-state index is -3.66. The van der Waals surface area contributed by atoms with Crippen molar-refractivity contribution in [3.8, 4) is 0 Å². The van der Waals surface area contributed by atoms with Crippen LogP contribution in [0.2, 0.25) is 0 Å². The molecule has 2 rings (SSSR count). The first-order valence-corrected chi connectivity index (χ1v) is 7.56. The SMILES string of the molecule is CC(CC=O)c1ccc(S(=O)(=O)C2COC2)c(F)c1. The number of benzene rings is 1. The molecule has 1 saturated heterocycles. The van der Waals surface area contributed by atoms with Gasteiger partial charge in [-0.05, 0) is 23.6 Å². The van der Waals surface area contributed by atoms with E-state index >= 15 is 0 Å². The van der Waals surface area contributed by atoms with Crippen molar-refractivity contribution in [3.05, 3.63) is 29.6 Å². The Hall–Kier alpha value is -1.27. The summed E-state index contributed by atoms with van der Waals surface area (Å²) < 4.78 is 42.9. The zero-order chi connectivity index (χ0) is 14.0. The largest absolute Gasteiger partial charge is 0.379 e. The van der Waals surface area contributed by atoms with Crippen LogP contribution >= 0.6 is 0 Å². The van der Waals surface area contributed by atoms with Crippen LogP contribution < -0.4 is 0 Å². The zero-order valence-electron chi connectivity index (χ0n) is 10.5. The van der Waals surface area contributed by atoms with Gasteiger partial charge < -0.3 is 9.53 Å². The van der Waals surface area contributed by atoms with Gasteiger partial charge in [0.15, 0.2) is 9.84 Å². The maximum absolute atomic E-state index is 14.0. The first kappa shape index (κ1) is 14.1. The topological polar surface area (TPSA) is 60.4 Å². The summed E-state index contributed by atoms with van der Waals surface area (Å²) >= 11 is 0. The first-order chi connectivity index (χ1) is 8.96. The predicted octanol–water partition coefficient (Wildman–Crippen LogP) is 1.69. The Morgan fingerprint density at radius 2 is 2.16 bits per heavy atom. The Kier molecular flexibility index (Phi) is 4.01. The molecule has 19 heavy (non-hydrogen) atoms. The molecule has 1 unspecified atom stereocenters. The van der Waals surface area contributed by atoms with E-state index in [1.165, 1.54) is 12.1 Å². The minimum Gasteiger partial charge on any atom is -0.379 e. The average molecular weight is 286 g/mol. The molecule has 0 aliphatic carbocycles. The fraction of sp³-hybridized carbons (Fsp3) is 0.462. The molecule has 0 bridgehead atoms. The summed E-state index contributed by atoms with van der Waals surface area (Å²) in [4.78, 5) is 10.1. The molecule has 1 aromatic carbocycles. The Balaban J connectivity index is 2.31. The Bertz CT molecular complexity index is 578. The van der Waals surface area contributed by atoms with Crippen LogP contribution in [-0.4, -0.2) is 33.2 Å². The second kappa shape index (κ2) is 5.38. The molecule has 0 saturated carbocycles. The Labute approximate surface area is 111 Å². The number of carbonyl (C=O) groups excluding carboxylic acids is 1. The van der Waals surface area contributed by atoms with Crippen LogP contribution in [0.3, 0.4) is 0 Å². The van der Waals surface area contributed by atoms with Gasteiger partial charge in [0, 0.05) is 6.42 Å². The van der Waals surface area contributed by atoms with E-state index in [2.05, 4.69) is 0 Å². The van der Waals surface area contributed by atoms with Crippen molar-refractivity contribution >= 4 is 16.1 Å². The molecule has 0 N–H and O–H groups in total. The highest BCUT2D eigenvalue weighted by Crippen LogP contribution is 2.27. The number of hydrogen-bond donors (Lipinski definition) is 0. The normalized spacial score (nSPS) is 17.8. The van der Waals surface area contributed by atoms with Crippen LogP contribution in [0.1, 0.15) is 24.8 Å². The van der Waals surface area contributed by atoms with Gasteiger partial charge in [0.1, 0.15) is 22.2 Å². The van der Waals surface area contributed by atoms with E-state index in [-0.39, 0.29) is 30.4 Å². The molecule has 1 fully saturated rings. The second-order valence-electron chi connectivity index (χ2n) is 4.70. The number of hydrogen-bond acceptors (Lipinski definition) is 4. The highest BCUT2D eigenvalue weighted by Gasteiger charge is 2.35. The van der Waals surface area contributed by atoms with Gasteiger partial charge in [-0.15, -0.1) is 0 Å². The molecule has 1 aliphatic heterocycles. The fourth-order valence-electron chi connectivity index (χ4n) is 1.91. The third-order valence-corrected chi connectivity index (χ3v) is 5.42. The van der Waals surface area contributed by atoms with Crippen molar-refractivity contribution in [2.24, 2.45) is 0 Å². The van der Waals surface area contributed by atoms with Crippen LogP contribution in [-0.2, 0) is 19.4 Å². The third kappa shape index (κ3) is 2.69. The van der Waals surface area contributed by atoms with Gasteiger partial charge in [-0.3, -0.25) is 0 Å². The number of halogens is 1. The molecule has 0 radical (unpaired) electrons. The van der Waals surface area contributed by atoms with Gasteiger partial charge in [-0.25, -0.2) is 12.8 Å². The quantitative estimate of drug-likeness (QED) is 0.773. The van der Waals surface area contributed by atoms with Crippen LogP contribution in [0.15, 0.2) is 23.1 Å². The van der Waals surface area contributed by atoms with Crippen LogP contribution in [0, 0.1) is 5.82 Å². The van der Waals surface area contributed by atoms with Gasteiger partial charge in [-0.2, -0.15) is 0 Å². The van der Waals surface area contributed by atoms with Gasteiger partial charge >= 0.3 is 0 Å². The summed E-state index contributed by atoms with van der Waals surface area (Å²) in [6.45, 7) is 2.02. The van der Waals surface area contributed by atoms with E-state index in [1.54, 1.807) is 13.0 Å². The molecule has 0 amide bonds. The molecule has 0 aromatic heterocycles. The number of ether oxygens (including phenoxy) is 1. The monoisotopic (exact) mass is 286 g/mol. The van der Waals surface area contributed by atoms with E-state index < -0.39 is 20.9 Å². The minimum absolute atomic E-state index is 0.116. The summed E-state index contributed by atoms with van der Waals surface area (Å²) in [7, 11) is -3.66. The molecule has 1 atom stereocenters. The Morgan fingerprint density at radius 3 is 2.63 bits per heavy atom. The second-order valence-corrected chi connectivity index (χ2v) is 6.89. The average Bonchev–Trinajstić information content (AvgIpc) is 2.25. The van der Waals surface area contributed by atoms with Gasteiger partial charge in [0.2, 0.25) is 0 Å². The number of carbonyl (C=O) groups is 1. The lowest BCUT2D eigenvalue weighted by Gasteiger charge is -2.26. The highest BCUT2D eigenvalue weighted by molar-refractivity contribution is 7.92. The van der Waals surface area contributed by atoms with Gasteiger partial charge in [0.25, 0.3) is 0 Å². The van der Waals surface area contributed by atoms with Crippen molar-refractivity contribution in [1.82, 2.24) is 0 Å². The van der Waals surface area contributed by atoms with Crippen molar-refractivity contribution in [2.45, 2.75) is 29.4 Å². The van der Waals surface area contributed by atoms with Crippen LogP contribution in [0.5, 0.6) is 0 Å².